The van der Waals surface area contributed by atoms with Gasteiger partial charge in [0.05, 0.1) is 11.9 Å². The van der Waals surface area contributed by atoms with Gasteiger partial charge in [0, 0.05) is 31.3 Å². The lowest BCUT2D eigenvalue weighted by atomic mass is 10.2. The Bertz CT molecular complexity index is 609. The Morgan fingerprint density at radius 1 is 1.40 bits per heavy atom. The molecule has 0 aromatic carbocycles. The smallest absolute Gasteiger partial charge is 0.212 e. The third-order valence-corrected chi connectivity index (χ3v) is 3.89. The average Bonchev–Trinajstić information content (AvgIpc) is 3.04. The molecular formula is C14H19N3O3. The highest BCUT2D eigenvalue weighted by Gasteiger charge is 2.24. The van der Waals surface area contributed by atoms with Crippen molar-refractivity contribution >= 4 is 16.8 Å². The summed E-state index contributed by atoms with van der Waals surface area (Å²) in [4.78, 5) is 8.84. The van der Waals surface area contributed by atoms with Crippen LogP contribution in [0.15, 0.2) is 22.7 Å². The molecule has 108 valence electrons. The maximum atomic E-state index is 9.12. The van der Waals surface area contributed by atoms with Crippen molar-refractivity contribution in [2.24, 2.45) is 0 Å². The summed E-state index contributed by atoms with van der Waals surface area (Å²) >= 11 is 0. The summed E-state index contributed by atoms with van der Waals surface area (Å²) in [5, 5.41) is 18.2. The van der Waals surface area contributed by atoms with Crippen molar-refractivity contribution in [3.8, 4) is 0 Å². The number of aliphatic hydroxyl groups excluding tert-OH is 1. The topological polar surface area (TPSA) is 73.0 Å². The highest BCUT2D eigenvalue weighted by atomic mass is 16.5. The molecule has 1 atom stereocenters. The number of fused-ring (bicyclic) bond motifs is 1. The summed E-state index contributed by atoms with van der Waals surface area (Å²) in [6.07, 6.45) is 1.34. The zero-order valence-electron chi connectivity index (χ0n) is 11.7. The number of pyridine rings is 1. The minimum absolute atomic E-state index is 0.122. The summed E-state index contributed by atoms with van der Waals surface area (Å²) in [5.41, 5.74) is 2.23. The van der Waals surface area contributed by atoms with E-state index in [1.807, 2.05) is 12.3 Å². The van der Waals surface area contributed by atoms with Gasteiger partial charge in [-0.05, 0) is 20.5 Å². The Kier molecular flexibility index (Phi) is 3.37. The molecule has 1 aliphatic rings. The lowest BCUT2D eigenvalue weighted by Crippen LogP contribution is -2.31. The molecule has 3 rings (SSSR count). The molecule has 0 radical (unpaired) electrons. The molecule has 0 aliphatic carbocycles. The Morgan fingerprint density at radius 2 is 2.20 bits per heavy atom. The molecule has 6 nitrogen and oxygen atoms in total. The first-order valence-corrected chi connectivity index (χ1v) is 6.71. The highest BCUT2D eigenvalue weighted by Crippen LogP contribution is 2.27. The van der Waals surface area contributed by atoms with Crippen LogP contribution in [0.3, 0.4) is 0 Å². The van der Waals surface area contributed by atoms with Gasteiger partial charge in [-0.2, -0.15) is 0 Å². The minimum Gasteiger partial charge on any atom is -0.454 e. The zero-order chi connectivity index (χ0) is 14.3. The van der Waals surface area contributed by atoms with E-state index in [1.165, 1.54) is 0 Å². The molecule has 0 bridgehead atoms. The number of hydrogen-bond acceptors (Lipinski definition) is 6. The first-order valence-electron chi connectivity index (χ1n) is 6.71. The summed E-state index contributed by atoms with van der Waals surface area (Å²) in [6, 6.07) is 4.01. The number of aliphatic hydroxyl groups is 2. The van der Waals surface area contributed by atoms with Crippen LogP contribution in [-0.4, -0.2) is 53.3 Å². The Labute approximate surface area is 117 Å². The number of aromatic nitrogens is 1. The molecule has 0 saturated carbocycles. The van der Waals surface area contributed by atoms with E-state index < -0.39 is 6.29 Å². The molecule has 6 heteroatoms. The Balaban J connectivity index is 1.86. The standard InChI is InChI=1S/C14H19N3O3/c1-16(2)9-3-4-17(8-9)10-5-12-11(15-7-10)6-13(20-12)14(18)19/h5-7,9,14,18-19H,3-4,8H2,1-2H3. The molecule has 1 saturated heterocycles. The molecule has 1 fully saturated rings. The van der Waals surface area contributed by atoms with E-state index in [1.54, 1.807) is 6.07 Å². The van der Waals surface area contributed by atoms with E-state index in [0.29, 0.717) is 17.1 Å². The molecule has 2 aromatic rings. The van der Waals surface area contributed by atoms with E-state index in [-0.39, 0.29) is 5.76 Å². The van der Waals surface area contributed by atoms with E-state index in [9.17, 15) is 0 Å². The van der Waals surface area contributed by atoms with Crippen molar-refractivity contribution in [1.29, 1.82) is 0 Å². The maximum absolute atomic E-state index is 9.12. The average molecular weight is 277 g/mol. The fourth-order valence-corrected chi connectivity index (χ4v) is 2.62. The number of furan rings is 1. The SMILES string of the molecule is CN(C)C1CCN(c2cnc3cc(C(O)O)oc3c2)C1. The van der Waals surface area contributed by atoms with Gasteiger partial charge in [0.25, 0.3) is 0 Å². The summed E-state index contributed by atoms with van der Waals surface area (Å²) in [5.74, 6) is 0.122. The monoisotopic (exact) mass is 277 g/mol. The Hall–Kier alpha value is -1.63. The molecule has 1 unspecified atom stereocenters. The molecule has 20 heavy (non-hydrogen) atoms. The van der Waals surface area contributed by atoms with Crippen molar-refractivity contribution < 1.29 is 14.6 Å². The third kappa shape index (κ3) is 2.37. The molecule has 0 amide bonds. The Morgan fingerprint density at radius 3 is 2.85 bits per heavy atom. The van der Waals surface area contributed by atoms with E-state index in [0.717, 1.165) is 25.2 Å². The molecule has 3 heterocycles. The van der Waals surface area contributed by atoms with Gasteiger partial charge in [0.15, 0.2) is 11.3 Å². The quantitative estimate of drug-likeness (QED) is 0.814. The van der Waals surface area contributed by atoms with Gasteiger partial charge in [0.1, 0.15) is 5.52 Å². The predicted octanol–water partition coefficient (Wildman–Crippen LogP) is 0.951. The van der Waals surface area contributed by atoms with Crippen LogP contribution in [0.1, 0.15) is 18.5 Å². The summed E-state index contributed by atoms with van der Waals surface area (Å²) in [7, 11) is 4.19. The molecule has 2 aromatic heterocycles. The van der Waals surface area contributed by atoms with Crippen LogP contribution in [-0.2, 0) is 0 Å². The van der Waals surface area contributed by atoms with Gasteiger partial charge < -0.3 is 24.4 Å². The fraction of sp³-hybridized carbons (Fsp3) is 0.500. The molecular weight excluding hydrogens is 258 g/mol. The van der Waals surface area contributed by atoms with Crippen LogP contribution in [0.4, 0.5) is 5.69 Å². The van der Waals surface area contributed by atoms with Gasteiger partial charge in [-0.1, -0.05) is 0 Å². The van der Waals surface area contributed by atoms with Crippen LogP contribution in [0.25, 0.3) is 11.1 Å². The normalized spacial score (nSPS) is 19.7. The van der Waals surface area contributed by atoms with Gasteiger partial charge in [-0.15, -0.1) is 0 Å². The largest absolute Gasteiger partial charge is 0.454 e. The fourth-order valence-electron chi connectivity index (χ4n) is 2.62. The van der Waals surface area contributed by atoms with Crippen molar-refractivity contribution in [2.45, 2.75) is 18.8 Å². The number of nitrogens with zero attached hydrogens (tertiary/aromatic N) is 3. The van der Waals surface area contributed by atoms with Crippen molar-refractivity contribution in [3.63, 3.8) is 0 Å². The van der Waals surface area contributed by atoms with Crippen molar-refractivity contribution in [3.05, 3.63) is 24.1 Å². The van der Waals surface area contributed by atoms with Crippen LogP contribution in [0.2, 0.25) is 0 Å². The third-order valence-electron chi connectivity index (χ3n) is 3.89. The van der Waals surface area contributed by atoms with E-state index >= 15 is 0 Å². The summed E-state index contributed by atoms with van der Waals surface area (Å²) < 4.78 is 5.40. The second kappa shape index (κ2) is 5.05. The second-order valence-electron chi connectivity index (χ2n) is 5.45. The van der Waals surface area contributed by atoms with Crippen LogP contribution >= 0.6 is 0 Å². The first-order chi connectivity index (χ1) is 9.54. The lowest BCUT2D eigenvalue weighted by Gasteiger charge is -2.21. The van der Waals surface area contributed by atoms with E-state index in [4.69, 9.17) is 14.6 Å². The molecule has 1 aliphatic heterocycles. The number of likely N-dealkylation sites (N-methyl/N-ethyl adjacent to an activating group) is 1. The van der Waals surface area contributed by atoms with Crippen LogP contribution in [0.5, 0.6) is 0 Å². The van der Waals surface area contributed by atoms with Gasteiger partial charge in [-0.25, -0.2) is 0 Å². The van der Waals surface area contributed by atoms with E-state index in [2.05, 4.69) is 28.9 Å². The highest BCUT2D eigenvalue weighted by molar-refractivity contribution is 5.77. The number of hydrogen-bond donors (Lipinski definition) is 2. The van der Waals surface area contributed by atoms with Crippen LogP contribution in [0, 0.1) is 0 Å². The minimum atomic E-state index is -1.60. The molecule has 2 N–H and O–H groups in total. The predicted molar refractivity (Wildman–Crippen MR) is 75.5 cm³/mol. The van der Waals surface area contributed by atoms with Crippen molar-refractivity contribution in [2.75, 3.05) is 32.1 Å². The van der Waals surface area contributed by atoms with Gasteiger partial charge in [-0.3, -0.25) is 4.98 Å². The summed E-state index contributed by atoms with van der Waals surface area (Å²) in [6.45, 7) is 1.96. The molecule has 0 spiro atoms. The second-order valence-corrected chi connectivity index (χ2v) is 5.45. The number of rotatable bonds is 3. The van der Waals surface area contributed by atoms with Crippen LogP contribution < -0.4 is 4.90 Å². The number of anilines is 1. The maximum Gasteiger partial charge on any atom is 0.212 e. The zero-order valence-corrected chi connectivity index (χ0v) is 11.7. The van der Waals surface area contributed by atoms with Gasteiger partial charge >= 0.3 is 0 Å². The first kappa shape index (κ1) is 13.4. The van der Waals surface area contributed by atoms with Crippen molar-refractivity contribution in [1.82, 2.24) is 9.88 Å². The lowest BCUT2D eigenvalue weighted by molar-refractivity contribution is -0.0571. The van der Waals surface area contributed by atoms with Gasteiger partial charge in [0.2, 0.25) is 6.29 Å².